The molecule has 0 spiro atoms. The number of methoxy groups -OCH3 is 1. The van der Waals surface area contributed by atoms with E-state index < -0.39 is 17.5 Å². The van der Waals surface area contributed by atoms with E-state index in [0.717, 1.165) is 0 Å². The number of hydrogen-bond donors (Lipinski definition) is 2. The summed E-state index contributed by atoms with van der Waals surface area (Å²) in [6.07, 6.45) is 0. The van der Waals surface area contributed by atoms with Crippen LogP contribution in [0.1, 0.15) is 12.6 Å². The number of carbonyl (C=O) groups excluding carboxylic acids is 2. The third kappa shape index (κ3) is 1.86. The van der Waals surface area contributed by atoms with Gasteiger partial charge in [0.1, 0.15) is 4.60 Å². The zero-order valence-corrected chi connectivity index (χ0v) is 10.8. The predicted molar refractivity (Wildman–Crippen MR) is 62.5 cm³/mol. The van der Waals surface area contributed by atoms with Crippen LogP contribution in [0, 0.1) is 0 Å². The number of urea groups is 1. The van der Waals surface area contributed by atoms with Gasteiger partial charge in [-0.25, -0.2) is 9.78 Å². The number of ether oxygens (including phenoxy) is 1. The van der Waals surface area contributed by atoms with Crippen molar-refractivity contribution in [3.8, 4) is 5.75 Å². The lowest BCUT2D eigenvalue weighted by molar-refractivity contribution is -0.123. The number of amides is 3. The van der Waals surface area contributed by atoms with Crippen molar-refractivity contribution in [2.24, 2.45) is 0 Å². The van der Waals surface area contributed by atoms with Gasteiger partial charge in [0.05, 0.1) is 12.8 Å². The summed E-state index contributed by atoms with van der Waals surface area (Å²) < 4.78 is 5.53. The van der Waals surface area contributed by atoms with Crippen molar-refractivity contribution in [3.63, 3.8) is 0 Å². The highest BCUT2D eigenvalue weighted by Crippen LogP contribution is 2.28. The van der Waals surface area contributed by atoms with Gasteiger partial charge in [0.25, 0.3) is 5.91 Å². The normalized spacial score (nSPS) is 23.2. The molecule has 2 rings (SSSR count). The summed E-state index contributed by atoms with van der Waals surface area (Å²) in [5.74, 6) is 0.133. The Hall–Kier alpha value is -1.63. The highest BCUT2D eigenvalue weighted by molar-refractivity contribution is 9.10. The number of nitrogens with one attached hydrogen (secondary N) is 2. The highest BCUT2D eigenvalue weighted by Gasteiger charge is 2.44. The summed E-state index contributed by atoms with van der Waals surface area (Å²) >= 11 is 3.23. The first-order valence-corrected chi connectivity index (χ1v) is 5.61. The minimum atomic E-state index is -1.15. The second-order valence-electron chi connectivity index (χ2n) is 3.72. The Kier molecular flexibility index (Phi) is 2.78. The fourth-order valence-corrected chi connectivity index (χ4v) is 2.06. The second kappa shape index (κ2) is 3.99. The minimum Gasteiger partial charge on any atom is -0.494 e. The van der Waals surface area contributed by atoms with E-state index in [1.165, 1.54) is 7.11 Å². The summed E-state index contributed by atoms with van der Waals surface area (Å²) in [5.41, 5.74) is -0.709. The zero-order valence-electron chi connectivity index (χ0n) is 9.20. The first-order valence-electron chi connectivity index (χ1n) is 4.82. The summed E-state index contributed by atoms with van der Waals surface area (Å²) in [7, 11) is 1.52. The van der Waals surface area contributed by atoms with Gasteiger partial charge in [-0.2, -0.15) is 0 Å². The van der Waals surface area contributed by atoms with Gasteiger partial charge in [-0.15, -0.1) is 0 Å². The molecule has 2 heterocycles. The van der Waals surface area contributed by atoms with Crippen LogP contribution in [0.4, 0.5) is 4.79 Å². The van der Waals surface area contributed by atoms with Crippen LogP contribution in [0.3, 0.4) is 0 Å². The highest BCUT2D eigenvalue weighted by atomic mass is 79.9. The summed E-state index contributed by atoms with van der Waals surface area (Å²) in [6.45, 7) is 1.59. The van der Waals surface area contributed by atoms with Gasteiger partial charge in [-0.05, 0) is 35.0 Å². The molecule has 17 heavy (non-hydrogen) atoms. The number of aromatic nitrogens is 1. The van der Waals surface area contributed by atoms with Crippen LogP contribution in [0.2, 0.25) is 0 Å². The molecular formula is C10H10BrN3O3. The number of halogens is 1. The van der Waals surface area contributed by atoms with E-state index in [1.807, 2.05) is 0 Å². The maximum atomic E-state index is 11.7. The molecule has 7 heteroatoms. The molecule has 1 aromatic rings. The van der Waals surface area contributed by atoms with Gasteiger partial charge in [0, 0.05) is 0 Å². The number of nitrogens with zero attached hydrogens (tertiary/aromatic N) is 1. The molecule has 1 fully saturated rings. The molecular weight excluding hydrogens is 290 g/mol. The van der Waals surface area contributed by atoms with E-state index in [4.69, 9.17) is 4.74 Å². The quantitative estimate of drug-likeness (QED) is 0.628. The van der Waals surface area contributed by atoms with E-state index in [9.17, 15) is 9.59 Å². The Balaban J connectivity index is 2.44. The zero-order chi connectivity index (χ0) is 12.6. The van der Waals surface area contributed by atoms with E-state index in [1.54, 1.807) is 19.1 Å². The molecule has 1 aliphatic heterocycles. The number of pyridine rings is 1. The Morgan fingerprint density at radius 1 is 1.41 bits per heavy atom. The molecule has 1 saturated heterocycles. The van der Waals surface area contributed by atoms with Gasteiger partial charge in [-0.3, -0.25) is 10.1 Å². The molecule has 0 aliphatic carbocycles. The molecule has 90 valence electrons. The van der Waals surface area contributed by atoms with Gasteiger partial charge >= 0.3 is 6.03 Å². The van der Waals surface area contributed by atoms with E-state index in [2.05, 4.69) is 31.5 Å². The third-order valence-electron chi connectivity index (χ3n) is 2.59. The molecule has 6 nitrogen and oxygen atoms in total. The molecule has 1 unspecified atom stereocenters. The molecule has 1 aromatic heterocycles. The Morgan fingerprint density at radius 2 is 2.12 bits per heavy atom. The standard InChI is InChI=1S/C10H10BrN3O3/c1-10(8(15)13-9(16)14-10)6-4-3-5(17-2)7(11)12-6/h3-4H,1-2H3,(H2,13,14,15,16). The van der Waals surface area contributed by atoms with Crippen molar-refractivity contribution in [2.45, 2.75) is 12.5 Å². The molecule has 0 radical (unpaired) electrons. The van der Waals surface area contributed by atoms with Crippen molar-refractivity contribution in [3.05, 3.63) is 22.4 Å². The molecule has 0 bridgehead atoms. The Bertz CT molecular complexity index is 506. The maximum absolute atomic E-state index is 11.7. The molecule has 1 atom stereocenters. The number of imide groups is 1. The van der Waals surface area contributed by atoms with Gasteiger partial charge in [-0.1, -0.05) is 0 Å². The fraction of sp³-hybridized carbons (Fsp3) is 0.300. The average molecular weight is 300 g/mol. The van der Waals surface area contributed by atoms with Gasteiger partial charge in [0.2, 0.25) is 0 Å². The van der Waals surface area contributed by atoms with Gasteiger partial charge < -0.3 is 10.1 Å². The number of rotatable bonds is 2. The molecule has 3 amide bonds. The van der Waals surface area contributed by atoms with E-state index in [-0.39, 0.29) is 0 Å². The second-order valence-corrected chi connectivity index (χ2v) is 4.47. The van der Waals surface area contributed by atoms with Crippen LogP contribution < -0.4 is 15.4 Å². The summed E-state index contributed by atoms with van der Waals surface area (Å²) in [5, 5.41) is 4.72. The molecule has 2 N–H and O–H groups in total. The lowest BCUT2D eigenvalue weighted by Crippen LogP contribution is -2.41. The van der Waals surface area contributed by atoms with Crippen LogP contribution in [0.5, 0.6) is 5.75 Å². The maximum Gasteiger partial charge on any atom is 0.322 e. The van der Waals surface area contributed by atoms with Crippen molar-refractivity contribution >= 4 is 27.9 Å². The first kappa shape index (κ1) is 11.8. The fourth-order valence-electron chi connectivity index (χ4n) is 1.58. The largest absolute Gasteiger partial charge is 0.494 e. The van der Waals surface area contributed by atoms with Crippen molar-refractivity contribution in [2.75, 3.05) is 7.11 Å². The lowest BCUT2D eigenvalue weighted by atomic mass is 9.98. The van der Waals surface area contributed by atoms with Crippen LogP contribution >= 0.6 is 15.9 Å². The van der Waals surface area contributed by atoms with Crippen LogP contribution in [-0.2, 0) is 10.3 Å². The van der Waals surface area contributed by atoms with E-state index in [0.29, 0.717) is 16.0 Å². The average Bonchev–Trinajstić information content (AvgIpc) is 2.53. The smallest absolute Gasteiger partial charge is 0.322 e. The number of carbonyl (C=O) groups is 2. The van der Waals surface area contributed by atoms with Crippen LogP contribution in [0.25, 0.3) is 0 Å². The Morgan fingerprint density at radius 3 is 2.59 bits per heavy atom. The molecule has 0 saturated carbocycles. The topological polar surface area (TPSA) is 80.3 Å². The SMILES string of the molecule is COc1ccc(C2(C)NC(=O)NC2=O)nc1Br. The minimum absolute atomic E-state index is 0.424. The van der Waals surface area contributed by atoms with Crippen LogP contribution in [-0.4, -0.2) is 24.0 Å². The van der Waals surface area contributed by atoms with Crippen molar-refractivity contribution < 1.29 is 14.3 Å². The van der Waals surface area contributed by atoms with Crippen LogP contribution in [0.15, 0.2) is 16.7 Å². The van der Waals surface area contributed by atoms with Crippen molar-refractivity contribution in [1.29, 1.82) is 0 Å². The first-order chi connectivity index (χ1) is 7.97. The third-order valence-corrected chi connectivity index (χ3v) is 3.16. The predicted octanol–water partition coefficient (Wildman–Crippen LogP) is 0.907. The van der Waals surface area contributed by atoms with Crippen molar-refractivity contribution in [1.82, 2.24) is 15.6 Å². The van der Waals surface area contributed by atoms with Gasteiger partial charge in [0.15, 0.2) is 11.3 Å². The monoisotopic (exact) mass is 299 g/mol. The molecule has 1 aliphatic rings. The molecule has 0 aromatic carbocycles. The lowest BCUT2D eigenvalue weighted by Gasteiger charge is -2.20. The summed E-state index contributed by atoms with van der Waals surface area (Å²) in [6, 6.07) is 2.79. The van der Waals surface area contributed by atoms with E-state index >= 15 is 0 Å². The summed E-state index contributed by atoms with van der Waals surface area (Å²) in [4.78, 5) is 27.0. The Labute approximate surface area is 106 Å². The number of hydrogen-bond acceptors (Lipinski definition) is 4.